The molecule has 5 amide bonds. The van der Waals surface area contributed by atoms with Gasteiger partial charge in [-0.25, -0.2) is 13.2 Å². The van der Waals surface area contributed by atoms with Crippen molar-refractivity contribution in [3.8, 4) is 0 Å². The van der Waals surface area contributed by atoms with Gasteiger partial charge in [-0.15, -0.1) is 23.2 Å². The number of carbonyl (C=O) groups excluding carboxylic acids is 5. The van der Waals surface area contributed by atoms with E-state index in [1.54, 1.807) is 20.8 Å². The van der Waals surface area contributed by atoms with Crippen LogP contribution in [0.2, 0.25) is 0 Å². The van der Waals surface area contributed by atoms with Crippen LogP contribution in [-0.4, -0.2) is 94.9 Å². The van der Waals surface area contributed by atoms with Crippen molar-refractivity contribution in [1.29, 1.82) is 0 Å². The second-order valence-corrected chi connectivity index (χ2v) is 18.6. The minimum atomic E-state index is -3.37. The lowest BCUT2D eigenvalue weighted by Crippen LogP contribution is -2.65. The van der Waals surface area contributed by atoms with Crippen LogP contribution < -0.4 is 21.3 Å². The number of nitrogens with zero attached hydrogens (tertiary/aromatic N) is 1. The van der Waals surface area contributed by atoms with Crippen LogP contribution in [0.5, 0.6) is 0 Å². The summed E-state index contributed by atoms with van der Waals surface area (Å²) in [4.78, 5) is 68.7. The predicted molar refractivity (Wildman–Crippen MR) is 180 cm³/mol. The molecule has 4 rings (SSSR count). The highest BCUT2D eigenvalue weighted by molar-refractivity contribution is 7.92. The molecule has 12 nitrogen and oxygen atoms in total. The molecule has 2 saturated carbocycles. The number of urea groups is 1. The average molecular weight is 721 g/mol. The number of alkyl halides is 2. The maximum absolute atomic E-state index is 14.3. The van der Waals surface area contributed by atoms with Crippen molar-refractivity contribution < 1.29 is 32.4 Å². The molecule has 4 N–H and O–H groups in total. The van der Waals surface area contributed by atoms with Gasteiger partial charge in [0, 0.05) is 24.9 Å². The molecular formula is C32H51Cl2N5O7S. The summed E-state index contributed by atoms with van der Waals surface area (Å²) in [5, 5.41) is 10.4. The Balaban J connectivity index is 1.55. The van der Waals surface area contributed by atoms with Gasteiger partial charge in [0.05, 0.1) is 22.6 Å². The quantitative estimate of drug-likeness (QED) is 0.177. The fraction of sp³-hybridized carbons (Fsp3) is 0.844. The number of ketones is 1. The smallest absolute Gasteiger partial charge is 0.315 e. The highest BCUT2D eigenvalue weighted by atomic mass is 35.5. The molecular weight excluding hydrogens is 669 g/mol. The van der Waals surface area contributed by atoms with Gasteiger partial charge in [-0.05, 0) is 43.9 Å². The predicted octanol–water partition coefficient (Wildman–Crippen LogP) is 2.99. The molecule has 0 spiro atoms. The van der Waals surface area contributed by atoms with Crippen LogP contribution in [0, 0.1) is 17.3 Å². The lowest BCUT2D eigenvalue weighted by Gasteiger charge is -2.43. The molecule has 0 aromatic carbocycles. The van der Waals surface area contributed by atoms with Crippen LogP contribution in [0.15, 0.2) is 0 Å². The molecule has 15 heteroatoms. The van der Waals surface area contributed by atoms with E-state index >= 15 is 0 Å². The van der Waals surface area contributed by atoms with E-state index in [0.29, 0.717) is 45.1 Å². The summed E-state index contributed by atoms with van der Waals surface area (Å²) in [5.41, 5.74) is -1.72. The number of likely N-dealkylation sites (tertiary alicyclic amines) is 1. The van der Waals surface area contributed by atoms with Crippen molar-refractivity contribution in [2.24, 2.45) is 17.3 Å². The molecule has 0 radical (unpaired) electrons. The normalized spacial score (nSPS) is 28.4. The summed E-state index contributed by atoms with van der Waals surface area (Å²) in [5.74, 6) is -3.62. The van der Waals surface area contributed by atoms with Crippen molar-refractivity contribution in [1.82, 2.24) is 26.2 Å². The Kier molecular flexibility index (Phi) is 11.5. The monoisotopic (exact) mass is 719 g/mol. The molecule has 0 aromatic rings. The second-order valence-electron chi connectivity index (χ2n) is 14.8. The molecule has 0 aromatic heterocycles. The van der Waals surface area contributed by atoms with E-state index in [2.05, 4.69) is 21.3 Å². The number of carbonyl (C=O) groups is 5. The van der Waals surface area contributed by atoms with E-state index in [9.17, 15) is 32.4 Å². The fourth-order valence-corrected chi connectivity index (χ4v) is 10.9. The molecule has 4 fully saturated rings. The third kappa shape index (κ3) is 7.87. The van der Waals surface area contributed by atoms with Gasteiger partial charge >= 0.3 is 6.03 Å². The molecule has 47 heavy (non-hydrogen) atoms. The van der Waals surface area contributed by atoms with Gasteiger partial charge in [0.2, 0.25) is 17.6 Å². The minimum Gasteiger partial charge on any atom is -0.349 e. The molecule has 4 aliphatic rings. The minimum absolute atomic E-state index is 0.0676. The molecule has 0 unspecified atom stereocenters. The Morgan fingerprint density at radius 2 is 1.62 bits per heavy atom. The van der Waals surface area contributed by atoms with Gasteiger partial charge in [0.25, 0.3) is 5.91 Å². The Labute approximate surface area is 288 Å². The van der Waals surface area contributed by atoms with E-state index in [0.717, 1.165) is 19.3 Å². The van der Waals surface area contributed by atoms with Gasteiger partial charge in [0.1, 0.15) is 16.4 Å². The van der Waals surface area contributed by atoms with Crippen LogP contribution in [-0.2, 0) is 29.0 Å². The zero-order valence-corrected chi connectivity index (χ0v) is 30.5. The summed E-state index contributed by atoms with van der Waals surface area (Å²) < 4.78 is 24.8. The highest BCUT2D eigenvalue weighted by Gasteiger charge is 2.74. The van der Waals surface area contributed by atoms with Crippen LogP contribution >= 0.6 is 23.2 Å². The Bertz CT molecular complexity index is 1350. The first-order valence-electron chi connectivity index (χ1n) is 17.0. The molecule has 2 saturated heterocycles. The zero-order valence-electron chi connectivity index (χ0n) is 28.1. The summed E-state index contributed by atoms with van der Waals surface area (Å²) in [6.45, 7) is 9.44. The first kappa shape index (κ1) is 37.7. The third-order valence-corrected chi connectivity index (χ3v) is 13.8. The van der Waals surface area contributed by atoms with Gasteiger partial charge in [-0.3, -0.25) is 19.2 Å². The van der Waals surface area contributed by atoms with E-state index in [1.807, 2.05) is 13.8 Å². The van der Waals surface area contributed by atoms with Crippen molar-refractivity contribution in [3.05, 3.63) is 0 Å². The number of Topliss-reactive ketones (excluding diaryl/α,β-unsaturated/α-hetero) is 1. The van der Waals surface area contributed by atoms with Crippen molar-refractivity contribution in [2.75, 3.05) is 18.8 Å². The van der Waals surface area contributed by atoms with E-state index < -0.39 is 89.9 Å². The van der Waals surface area contributed by atoms with Crippen LogP contribution in [0.3, 0.4) is 0 Å². The molecule has 2 aliphatic carbocycles. The first-order valence-corrected chi connectivity index (χ1v) is 19.5. The Morgan fingerprint density at radius 3 is 2.17 bits per heavy atom. The molecule has 0 bridgehead atoms. The van der Waals surface area contributed by atoms with Crippen molar-refractivity contribution in [3.63, 3.8) is 0 Å². The van der Waals surface area contributed by atoms with Gasteiger partial charge in [-0.2, -0.15) is 0 Å². The number of rotatable bonds is 12. The summed E-state index contributed by atoms with van der Waals surface area (Å²) >= 11 is 13.1. The van der Waals surface area contributed by atoms with Crippen LogP contribution in [0.4, 0.5) is 4.79 Å². The summed E-state index contributed by atoms with van der Waals surface area (Å²) in [6, 6.07) is -3.95. The Morgan fingerprint density at radius 1 is 0.957 bits per heavy atom. The van der Waals surface area contributed by atoms with Crippen molar-refractivity contribution >= 4 is 62.6 Å². The number of nitrogens with one attached hydrogen (secondary N) is 4. The highest BCUT2D eigenvalue weighted by Crippen LogP contribution is 2.65. The fourth-order valence-electron chi connectivity index (χ4n) is 7.76. The lowest BCUT2D eigenvalue weighted by atomic mass is 9.78. The number of amides is 5. The zero-order chi connectivity index (χ0) is 34.9. The Hall–Kier alpha value is -2.12. The molecule has 2 aliphatic heterocycles. The van der Waals surface area contributed by atoms with Gasteiger partial charge < -0.3 is 26.2 Å². The largest absolute Gasteiger partial charge is 0.349 e. The van der Waals surface area contributed by atoms with E-state index in [1.165, 1.54) is 4.90 Å². The van der Waals surface area contributed by atoms with E-state index in [4.69, 9.17) is 23.2 Å². The van der Waals surface area contributed by atoms with Gasteiger partial charge in [-0.1, -0.05) is 60.3 Å². The number of hydrogen-bond acceptors (Lipinski definition) is 7. The summed E-state index contributed by atoms with van der Waals surface area (Å²) in [7, 11) is -3.37. The molecule has 266 valence electrons. The lowest BCUT2D eigenvalue weighted by molar-refractivity contribution is -0.144. The summed E-state index contributed by atoms with van der Waals surface area (Å²) in [6.07, 6.45) is 6.03. The number of hydrogen-bond donors (Lipinski definition) is 4. The number of sulfone groups is 1. The number of piperidine rings is 1. The maximum atomic E-state index is 14.3. The van der Waals surface area contributed by atoms with E-state index in [-0.39, 0.29) is 18.7 Å². The second kappa shape index (κ2) is 14.4. The SMILES string of the molecule is CCCNC(=O)C(=O)[C@H](CCC)NC(=O)[C@@H]1[C@@H]2[C@H](CN1C(=O)[C@@H](NC(=O)NC1([C@H]3CCCS3(=O)=O)CCCCC1)C(C)(C)C)C2(Cl)Cl. The topological polar surface area (TPSA) is 171 Å². The first-order chi connectivity index (χ1) is 21.9. The number of halogens is 2. The third-order valence-electron chi connectivity index (χ3n) is 10.3. The molecule has 6 atom stereocenters. The standard InChI is InChI=1S/C32H51Cl2N5O7S/c1-6-12-20(24(40)27(42)35-16-7-2)36-26(41)23-22-19(32(22,33)34)18-39(23)28(43)25(30(3,4)5)37-29(44)38-31(14-9-8-10-15-31)21-13-11-17-47(21,45)46/h19-23,25H,6-18H2,1-5H3,(H,35,42)(H,36,41)(H2,37,38,44)/t19-,20-,21+,22-,23-,25+/m0/s1. The van der Waals surface area contributed by atoms with Crippen LogP contribution in [0.1, 0.15) is 98.8 Å². The number of fused-ring (bicyclic) bond motifs is 1. The molecule has 2 heterocycles. The van der Waals surface area contributed by atoms with Crippen LogP contribution in [0.25, 0.3) is 0 Å². The average Bonchev–Trinajstić information content (AvgIpc) is 3.30. The maximum Gasteiger partial charge on any atom is 0.315 e. The van der Waals surface area contributed by atoms with Gasteiger partial charge in [0.15, 0.2) is 9.84 Å². The van der Waals surface area contributed by atoms with Crippen molar-refractivity contribution in [2.45, 2.75) is 132 Å².